The number of hydrogen-bond acceptors (Lipinski definition) is 2. The van der Waals surface area contributed by atoms with Gasteiger partial charge in [0.05, 0.1) is 14.2 Å². The Balaban J connectivity index is 2.59. The Hall–Kier alpha value is -1.96. The quantitative estimate of drug-likeness (QED) is 0.797. The van der Waals surface area contributed by atoms with Crippen LogP contribution in [0.5, 0.6) is 11.5 Å². The summed E-state index contributed by atoms with van der Waals surface area (Å²) in [5, 5.41) is 0. The molecule has 0 heterocycles. The van der Waals surface area contributed by atoms with Gasteiger partial charge in [-0.3, -0.25) is 0 Å². The Morgan fingerprint density at radius 2 is 1.65 bits per heavy atom. The Kier molecular flexibility index (Phi) is 3.33. The van der Waals surface area contributed by atoms with Gasteiger partial charge in [0.15, 0.2) is 11.5 Å². The van der Waals surface area contributed by atoms with E-state index in [4.69, 9.17) is 9.47 Å². The highest BCUT2D eigenvalue weighted by molar-refractivity contribution is 5.74. The molecule has 2 aromatic rings. The number of para-hydroxylation sites is 1. The van der Waals surface area contributed by atoms with Crippen LogP contribution in [0.25, 0.3) is 11.1 Å². The summed E-state index contributed by atoms with van der Waals surface area (Å²) < 4.78 is 10.7. The van der Waals surface area contributed by atoms with Crippen LogP contribution in [-0.2, 0) is 0 Å². The zero-order chi connectivity index (χ0) is 12.3. The molecule has 0 spiro atoms. The second kappa shape index (κ2) is 4.91. The molecule has 2 rings (SSSR count). The average molecular weight is 228 g/mol. The van der Waals surface area contributed by atoms with Crippen molar-refractivity contribution in [1.82, 2.24) is 0 Å². The summed E-state index contributed by atoms with van der Waals surface area (Å²) in [4.78, 5) is 0. The smallest absolute Gasteiger partial charge is 0.168 e. The summed E-state index contributed by atoms with van der Waals surface area (Å²) >= 11 is 0. The van der Waals surface area contributed by atoms with E-state index in [1.807, 2.05) is 24.3 Å². The van der Waals surface area contributed by atoms with E-state index in [-0.39, 0.29) is 0 Å². The van der Waals surface area contributed by atoms with Crippen molar-refractivity contribution in [3.05, 3.63) is 48.0 Å². The standard InChI is InChI=1S/C15H16O2/c1-11-6-4-7-12(10-11)13-8-5-9-14(16-2)15(13)17-3/h4-10H,1-3H3. The largest absolute Gasteiger partial charge is 0.493 e. The van der Waals surface area contributed by atoms with E-state index in [2.05, 4.69) is 25.1 Å². The molecule has 0 bridgehead atoms. The molecule has 2 aromatic carbocycles. The van der Waals surface area contributed by atoms with E-state index in [0.29, 0.717) is 0 Å². The molecule has 0 aromatic heterocycles. The molecule has 0 N–H and O–H groups in total. The average Bonchev–Trinajstić information content (AvgIpc) is 2.37. The third-order valence-electron chi connectivity index (χ3n) is 2.73. The Labute approximate surface area is 102 Å². The summed E-state index contributed by atoms with van der Waals surface area (Å²) in [6, 6.07) is 14.2. The molecular weight excluding hydrogens is 212 g/mol. The first-order chi connectivity index (χ1) is 8.26. The Morgan fingerprint density at radius 1 is 0.882 bits per heavy atom. The Bertz CT molecular complexity index is 518. The van der Waals surface area contributed by atoms with Crippen molar-refractivity contribution in [2.45, 2.75) is 6.92 Å². The number of methoxy groups -OCH3 is 2. The second-order valence-electron chi connectivity index (χ2n) is 3.91. The summed E-state index contributed by atoms with van der Waals surface area (Å²) in [7, 11) is 3.31. The maximum atomic E-state index is 5.44. The molecule has 0 amide bonds. The number of hydrogen-bond donors (Lipinski definition) is 0. The SMILES string of the molecule is COc1cccc(-c2cccc(C)c2)c1OC. The summed E-state index contributed by atoms with van der Waals surface area (Å²) in [5.74, 6) is 1.53. The molecule has 2 nitrogen and oxygen atoms in total. The van der Waals surface area contributed by atoms with Crippen molar-refractivity contribution in [3.8, 4) is 22.6 Å². The lowest BCUT2D eigenvalue weighted by Crippen LogP contribution is -1.93. The van der Waals surface area contributed by atoms with Gasteiger partial charge >= 0.3 is 0 Å². The highest BCUT2D eigenvalue weighted by Crippen LogP contribution is 2.37. The van der Waals surface area contributed by atoms with Crippen LogP contribution in [0.2, 0.25) is 0 Å². The first-order valence-electron chi connectivity index (χ1n) is 5.54. The van der Waals surface area contributed by atoms with Gasteiger partial charge in [-0.25, -0.2) is 0 Å². The molecule has 0 saturated carbocycles. The van der Waals surface area contributed by atoms with Crippen molar-refractivity contribution >= 4 is 0 Å². The van der Waals surface area contributed by atoms with Gasteiger partial charge in [-0.1, -0.05) is 42.0 Å². The number of benzene rings is 2. The summed E-state index contributed by atoms with van der Waals surface area (Å²) in [6.45, 7) is 2.08. The van der Waals surface area contributed by atoms with Gasteiger partial charge < -0.3 is 9.47 Å². The third kappa shape index (κ3) is 2.26. The van der Waals surface area contributed by atoms with E-state index in [1.165, 1.54) is 5.56 Å². The van der Waals surface area contributed by atoms with Crippen LogP contribution in [-0.4, -0.2) is 14.2 Å². The van der Waals surface area contributed by atoms with Gasteiger partial charge in [0.25, 0.3) is 0 Å². The lowest BCUT2D eigenvalue weighted by molar-refractivity contribution is 0.356. The lowest BCUT2D eigenvalue weighted by Gasteiger charge is -2.12. The van der Waals surface area contributed by atoms with E-state index in [9.17, 15) is 0 Å². The molecular formula is C15H16O2. The molecule has 0 saturated heterocycles. The molecule has 0 atom stereocenters. The van der Waals surface area contributed by atoms with Gasteiger partial charge in [-0.2, -0.15) is 0 Å². The van der Waals surface area contributed by atoms with Crippen molar-refractivity contribution in [3.63, 3.8) is 0 Å². The van der Waals surface area contributed by atoms with Gasteiger partial charge in [0.2, 0.25) is 0 Å². The molecule has 0 radical (unpaired) electrons. The fourth-order valence-electron chi connectivity index (χ4n) is 1.93. The van der Waals surface area contributed by atoms with Crippen LogP contribution in [0.4, 0.5) is 0 Å². The predicted octanol–water partition coefficient (Wildman–Crippen LogP) is 3.68. The third-order valence-corrected chi connectivity index (χ3v) is 2.73. The van der Waals surface area contributed by atoms with Crippen molar-refractivity contribution in [1.29, 1.82) is 0 Å². The van der Waals surface area contributed by atoms with Crippen LogP contribution >= 0.6 is 0 Å². The normalized spacial score (nSPS) is 10.1. The number of aryl methyl sites for hydroxylation is 1. The van der Waals surface area contributed by atoms with Crippen molar-refractivity contribution < 1.29 is 9.47 Å². The van der Waals surface area contributed by atoms with Crippen LogP contribution in [0.1, 0.15) is 5.56 Å². The van der Waals surface area contributed by atoms with Crippen molar-refractivity contribution in [2.24, 2.45) is 0 Å². The fourth-order valence-corrected chi connectivity index (χ4v) is 1.93. The number of rotatable bonds is 3. The first-order valence-corrected chi connectivity index (χ1v) is 5.54. The predicted molar refractivity (Wildman–Crippen MR) is 69.7 cm³/mol. The number of ether oxygens (including phenoxy) is 2. The highest BCUT2D eigenvalue weighted by atomic mass is 16.5. The monoisotopic (exact) mass is 228 g/mol. The van der Waals surface area contributed by atoms with E-state index in [1.54, 1.807) is 14.2 Å². The highest BCUT2D eigenvalue weighted by Gasteiger charge is 2.10. The fraction of sp³-hybridized carbons (Fsp3) is 0.200. The molecule has 0 aliphatic heterocycles. The van der Waals surface area contributed by atoms with Gasteiger partial charge in [0, 0.05) is 5.56 Å². The molecule has 88 valence electrons. The van der Waals surface area contributed by atoms with Crippen LogP contribution in [0, 0.1) is 6.92 Å². The molecule has 0 aliphatic rings. The molecule has 0 unspecified atom stereocenters. The summed E-state index contributed by atoms with van der Waals surface area (Å²) in [5.41, 5.74) is 3.42. The minimum atomic E-state index is 0.756. The Morgan fingerprint density at radius 3 is 2.29 bits per heavy atom. The minimum Gasteiger partial charge on any atom is -0.493 e. The van der Waals surface area contributed by atoms with Crippen LogP contribution in [0.3, 0.4) is 0 Å². The topological polar surface area (TPSA) is 18.5 Å². The van der Waals surface area contributed by atoms with E-state index >= 15 is 0 Å². The zero-order valence-electron chi connectivity index (χ0n) is 10.4. The van der Waals surface area contributed by atoms with E-state index in [0.717, 1.165) is 22.6 Å². The van der Waals surface area contributed by atoms with E-state index < -0.39 is 0 Å². The maximum absolute atomic E-state index is 5.44. The molecule has 0 fully saturated rings. The zero-order valence-corrected chi connectivity index (χ0v) is 10.4. The second-order valence-corrected chi connectivity index (χ2v) is 3.91. The van der Waals surface area contributed by atoms with Gasteiger partial charge in [-0.15, -0.1) is 0 Å². The molecule has 0 aliphatic carbocycles. The van der Waals surface area contributed by atoms with Crippen molar-refractivity contribution in [2.75, 3.05) is 14.2 Å². The van der Waals surface area contributed by atoms with Gasteiger partial charge in [-0.05, 0) is 18.6 Å². The lowest BCUT2D eigenvalue weighted by atomic mass is 10.0. The minimum absolute atomic E-state index is 0.756. The molecule has 2 heteroatoms. The van der Waals surface area contributed by atoms with Gasteiger partial charge in [0.1, 0.15) is 0 Å². The maximum Gasteiger partial charge on any atom is 0.168 e. The molecule has 17 heavy (non-hydrogen) atoms. The van der Waals surface area contributed by atoms with Crippen LogP contribution < -0.4 is 9.47 Å². The summed E-state index contributed by atoms with van der Waals surface area (Å²) in [6.07, 6.45) is 0. The first kappa shape index (κ1) is 11.5. The van der Waals surface area contributed by atoms with Crippen LogP contribution in [0.15, 0.2) is 42.5 Å².